The number of nitrogens with zero attached hydrogens (tertiary/aromatic N) is 1. The van der Waals surface area contributed by atoms with E-state index in [4.69, 9.17) is 9.47 Å². The van der Waals surface area contributed by atoms with Gasteiger partial charge < -0.3 is 19.1 Å². The lowest BCUT2D eigenvalue weighted by molar-refractivity contribution is -0.151. The maximum atomic E-state index is 11.8. The Bertz CT molecular complexity index is 1760. The first kappa shape index (κ1) is 26.4. The number of hydrogen-bond donors (Lipinski definition) is 1. The highest BCUT2D eigenvalue weighted by Crippen LogP contribution is 2.32. The molecule has 0 saturated heterocycles. The molecular formula is C36H31NO4. The second kappa shape index (κ2) is 12.1. The summed E-state index contributed by atoms with van der Waals surface area (Å²) in [6.07, 6.45) is -0.630. The summed E-state index contributed by atoms with van der Waals surface area (Å²) < 4.78 is 14.1. The van der Waals surface area contributed by atoms with Crippen molar-refractivity contribution in [3.63, 3.8) is 0 Å². The van der Waals surface area contributed by atoms with Crippen LogP contribution in [0.25, 0.3) is 32.9 Å². The highest BCUT2D eigenvalue weighted by molar-refractivity contribution is 6.09. The zero-order chi connectivity index (χ0) is 28.0. The van der Waals surface area contributed by atoms with Crippen LogP contribution in [0.1, 0.15) is 11.1 Å². The standard InChI is InChI=1S/C36H31NO4/c38-36(39)35(41-25-27-9-3-1-4-10-27)23-26-15-18-30(19-16-26)40-22-21-37-33-14-8-7-13-31(33)32-24-29(17-20-34(32)37)28-11-5-2-6-12-28/h1-20,24,35H,21-23,25H2,(H,38,39). The molecule has 0 spiro atoms. The predicted octanol–water partition coefficient (Wildman–Crippen LogP) is 7.75. The van der Waals surface area contributed by atoms with Crippen molar-refractivity contribution in [2.45, 2.75) is 25.7 Å². The van der Waals surface area contributed by atoms with E-state index in [1.807, 2.05) is 60.7 Å². The molecule has 1 aromatic heterocycles. The number of carbonyl (C=O) groups is 1. The Morgan fingerprint density at radius 2 is 1.37 bits per heavy atom. The highest BCUT2D eigenvalue weighted by atomic mass is 16.5. The van der Waals surface area contributed by atoms with E-state index in [1.54, 1.807) is 0 Å². The molecule has 5 nitrogen and oxygen atoms in total. The summed E-state index contributed by atoms with van der Waals surface area (Å²) in [5.41, 5.74) is 6.60. The van der Waals surface area contributed by atoms with Crippen molar-refractivity contribution in [1.82, 2.24) is 4.57 Å². The van der Waals surface area contributed by atoms with Crippen molar-refractivity contribution in [1.29, 1.82) is 0 Å². The first-order valence-electron chi connectivity index (χ1n) is 13.8. The summed E-state index contributed by atoms with van der Waals surface area (Å²) in [6.45, 7) is 1.46. The van der Waals surface area contributed by atoms with Gasteiger partial charge in [0.05, 0.1) is 13.2 Å². The average molecular weight is 542 g/mol. The third-order valence-corrected chi connectivity index (χ3v) is 7.38. The van der Waals surface area contributed by atoms with Gasteiger partial charge in [-0.05, 0) is 52.6 Å². The first-order chi connectivity index (χ1) is 20.2. The molecule has 41 heavy (non-hydrogen) atoms. The topological polar surface area (TPSA) is 60.7 Å². The van der Waals surface area contributed by atoms with E-state index < -0.39 is 12.1 Å². The zero-order valence-corrected chi connectivity index (χ0v) is 22.6. The lowest BCUT2D eigenvalue weighted by Gasteiger charge is -2.14. The molecule has 1 N–H and O–H groups in total. The molecule has 0 amide bonds. The van der Waals surface area contributed by atoms with Crippen molar-refractivity contribution < 1.29 is 19.4 Å². The van der Waals surface area contributed by atoms with Crippen molar-refractivity contribution in [2.75, 3.05) is 6.61 Å². The fourth-order valence-electron chi connectivity index (χ4n) is 5.28. The van der Waals surface area contributed by atoms with Crippen molar-refractivity contribution >= 4 is 27.8 Å². The van der Waals surface area contributed by atoms with Crippen LogP contribution < -0.4 is 4.74 Å². The SMILES string of the molecule is O=C(O)C(Cc1ccc(OCCn2c3ccccc3c3cc(-c4ccccc4)ccc32)cc1)OCc1ccccc1. The van der Waals surface area contributed by atoms with Gasteiger partial charge >= 0.3 is 5.97 Å². The Labute approximate surface area is 239 Å². The molecule has 0 radical (unpaired) electrons. The van der Waals surface area contributed by atoms with Crippen LogP contribution in [0.4, 0.5) is 0 Å². The van der Waals surface area contributed by atoms with Crippen LogP contribution in [0.3, 0.4) is 0 Å². The predicted molar refractivity (Wildman–Crippen MR) is 163 cm³/mol. The van der Waals surface area contributed by atoms with Gasteiger partial charge in [-0.15, -0.1) is 0 Å². The van der Waals surface area contributed by atoms with E-state index in [1.165, 1.54) is 32.9 Å². The molecule has 1 heterocycles. The molecule has 0 fully saturated rings. The molecular weight excluding hydrogens is 510 g/mol. The average Bonchev–Trinajstić information content (AvgIpc) is 3.33. The molecule has 5 heteroatoms. The minimum absolute atomic E-state index is 0.259. The summed E-state index contributed by atoms with van der Waals surface area (Å²) in [6, 6.07) is 42.8. The van der Waals surface area contributed by atoms with Gasteiger partial charge in [0, 0.05) is 28.2 Å². The molecule has 0 bridgehead atoms. The largest absolute Gasteiger partial charge is 0.492 e. The summed E-state index contributed by atoms with van der Waals surface area (Å²) in [5, 5.41) is 12.1. The number of rotatable bonds is 11. The molecule has 0 saturated carbocycles. The van der Waals surface area contributed by atoms with Gasteiger partial charge in [0.1, 0.15) is 12.4 Å². The number of carboxylic acid groups (broad SMARTS) is 1. The molecule has 0 aliphatic carbocycles. The second-order valence-corrected chi connectivity index (χ2v) is 10.1. The van der Waals surface area contributed by atoms with Gasteiger partial charge in [0.15, 0.2) is 6.10 Å². The van der Waals surface area contributed by atoms with E-state index in [-0.39, 0.29) is 13.0 Å². The maximum Gasteiger partial charge on any atom is 0.333 e. The number of aromatic nitrogens is 1. The third-order valence-electron chi connectivity index (χ3n) is 7.38. The maximum absolute atomic E-state index is 11.8. The number of para-hydroxylation sites is 1. The van der Waals surface area contributed by atoms with Crippen LogP contribution in [-0.2, 0) is 29.1 Å². The van der Waals surface area contributed by atoms with Crippen molar-refractivity contribution in [2.24, 2.45) is 0 Å². The van der Waals surface area contributed by atoms with Gasteiger partial charge in [0.25, 0.3) is 0 Å². The summed E-state index contributed by atoms with van der Waals surface area (Å²) in [5.74, 6) is -0.221. The fraction of sp³-hybridized carbons (Fsp3) is 0.139. The molecule has 1 atom stereocenters. The molecule has 5 aromatic carbocycles. The number of hydrogen-bond acceptors (Lipinski definition) is 3. The zero-order valence-electron chi connectivity index (χ0n) is 22.6. The summed E-state index contributed by atoms with van der Waals surface area (Å²) in [4.78, 5) is 11.8. The summed E-state index contributed by atoms with van der Waals surface area (Å²) in [7, 11) is 0. The quantitative estimate of drug-likeness (QED) is 0.182. The van der Waals surface area contributed by atoms with Crippen LogP contribution >= 0.6 is 0 Å². The van der Waals surface area contributed by atoms with Crippen LogP contribution in [-0.4, -0.2) is 28.4 Å². The third kappa shape index (κ3) is 6.01. The molecule has 6 rings (SSSR count). The molecule has 6 aromatic rings. The first-order valence-corrected chi connectivity index (χ1v) is 13.8. The monoisotopic (exact) mass is 541 g/mol. The van der Waals surface area contributed by atoms with Gasteiger partial charge in [0.2, 0.25) is 0 Å². The van der Waals surface area contributed by atoms with E-state index >= 15 is 0 Å². The van der Waals surface area contributed by atoms with Crippen LogP contribution in [0.2, 0.25) is 0 Å². The lowest BCUT2D eigenvalue weighted by atomic mass is 10.0. The second-order valence-electron chi connectivity index (χ2n) is 10.1. The Morgan fingerprint density at radius 1 is 0.683 bits per heavy atom. The number of fused-ring (bicyclic) bond motifs is 3. The van der Waals surface area contributed by atoms with E-state index in [0.29, 0.717) is 13.2 Å². The molecule has 0 aliphatic heterocycles. The van der Waals surface area contributed by atoms with Gasteiger partial charge in [-0.1, -0.05) is 97.1 Å². The van der Waals surface area contributed by atoms with E-state index in [2.05, 4.69) is 71.3 Å². The number of carboxylic acids is 1. The number of ether oxygens (including phenoxy) is 2. The minimum Gasteiger partial charge on any atom is -0.492 e. The highest BCUT2D eigenvalue weighted by Gasteiger charge is 2.19. The van der Waals surface area contributed by atoms with E-state index in [0.717, 1.165) is 16.9 Å². The summed E-state index contributed by atoms with van der Waals surface area (Å²) >= 11 is 0. The van der Waals surface area contributed by atoms with Crippen molar-refractivity contribution in [3.8, 4) is 16.9 Å². The Balaban J connectivity index is 1.12. The smallest absolute Gasteiger partial charge is 0.333 e. The van der Waals surface area contributed by atoms with Crippen LogP contribution in [0, 0.1) is 0 Å². The molecule has 204 valence electrons. The van der Waals surface area contributed by atoms with Crippen LogP contribution in [0.15, 0.2) is 127 Å². The fourth-order valence-corrected chi connectivity index (χ4v) is 5.28. The number of aliphatic carboxylic acids is 1. The van der Waals surface area contributed by atoms with Gasteiger partial charge in [-0.2, -0.15) is 0 Å². The lowest BCUT2D eigenvalue weighted by Crippen LogP contribution is -2.26. The normalized spacial score (nSPS) is 12.0. The van der Waals surface area contributed by atoms with Gasteiger partial charge in [-0.25, -0.2) is 4.79 Å². The Hall–Kier alpha value is -4.87. The molecule has 1 unspecified atom stereocenters. The Morgan fingerprint density at radius 3 is 2.12 bits per heavy atom. The minimum atomic E-state index is -0.969. The Kier molecular flexibility index (Phi) is 7.79. The molecule has 0 aliphatic rings. The van der Waals surface area contributed by atoms with Crippen LogP contribution in [0.5, 0.6) is 5.75 Å². The van der Waals surface area contributed by atoms with E-state index in [9.17, 15) is 9.90 Å². The van der Waals surface area contributed by atoms with Crippen molar-refractivity contribution in [3.05, 3.63) is 139 Å². The van der Waals surface area contributed by atoms with Gasteiger partial charge in [-0.3, -0.25) is 0 Å². The number of benzene rings is 5.